The molecule has 0 aliphatic rings. The van der Waals surface area contributed by atoms with Gasteiger partial charge in [-0.25, -0.2) is 0 Å². The van der Waals surface area contributed by atoms with Crippen LogP contribution < -0.4 is 0 Å². The second-order valence-electron chi connectivity index (χ2n) is 8.21. The van der Waals surface area contributed by atoms with E-state index in [4.69, 9.17) is 0 Å². The summed E-state index contributed by atoms with van der Waals surface area (Å²) in [6.45, 7) is 0. The predicted octanol–water partition coefficient (Wildman–Crippen LogP) is 9.17. The van der Waals surface area contributed by atoms with Gasteiger partial charge in [0.25, 0.3) is 0 Å². The van der Waals surface area contributed by atoms with Crippen LogP contribution in [0.2, 0.25) is 0 Å². The number of Topliss-reactive ketones (excluding diaryl/α,β-unsaturated/α-hetero) is 1. The van der Waals surface area contributed by atoms with E-state index in [1.165, 1.54) is 0 Å². The molecule has 288 valence electrons. The zero-order chi connectivity index (χ0) is 40.0. The molecule has 0 heterocycles. The average molecular weight is 798 g/mol. The van der Waals surface area contributed by atoms with Crippen molar-refractivity contribution < 1.29 is 146 Å². The van der Waals surface area contributed by atoms with Crippen molar-refractivity contribution in [2.24, 2.45) is 0 Å². The number of carbonyl (C=O) groups excluding carboxylic acids is 1. The molecule has 0 amide bonds. The first-order valence-electron chi connectivity index (χ1n) is 9.69. The summed E-state index contributed by atoms with van der Waals surface area (Å²) in [7, 11) is 0. The Hall–Kier alpha value is -2.51. The minimum absolute atomic E-state index is 0.728. The van der Waals surface area contributed by atoms with Crippen molar-refractivity contribution in [2.75, 3.05) is 0 Å². The van der Waals surface area contributed by atoms with Crippen LogP contribution in [0.25, 0.3) is 0 Å². The fraction of sp³-hybridized carbons (Fsp3) is 0.933. The first-order chi connectivity index (χ1) is 20.1. The molecule has 0 saturated carbocycles. The molecule has 48 heavy (non-hydrogen) atoms. The highest BCUT2D eigenvalue weighted by Gasteiger charge is 2.97. The number of hydrogen-bond acceptors (Lipinski definition) is 3. The van der Waals surface area contributed by atoms with Crippen LogP contribution in [0.3, 0.4) is 0 Å². The van der Waals surface area contributed by atoms with Gasteiger partial charge in [-0.3, -0.25) is 14.3 Å². The highest BCUT2D eigenvalue weighted by Crippen LogP contribution is 2.65. The van der Waals surface area contributed by atoms with Crippen LogP contribution in [0.5, 0.6) is 0 Å². The van der Waals surface area contributed by atoms with Crippen molar-refractivity contribution in [3.05, 3.63) is 0 Å². The van der Waals surface area contributed by atoms with Crippen molar-refractivity contribution in [1.29, 1.82) is 0 Å². The van der Waals surface area contributed by atoms with Crippen LogP contribution >= 0.6 is 0 Å². The summed E-state index contributed by atoms with van der Waals surface area (Å²) in [6, 6.07) is 0. The van der Waals surface area contributed by atoms with E-state index in [0.29, 0.717) is 0 Å². The van der Waals surface area contributed by atoms with E-state index in [1.54, 1.807) is 0 Å². The Kier molecular flexibility index (Phi) is 10.7. The van der Waals surface area contributed by atoms with E-state index in [0.717, 1.165) is 9.47 Å². The van der Waals surface area contributed by atoms with Crippen LogP contribution in [0, 0.1) is 0 Å². The highest BCUT2D eigenvalue weighted by molar-refractivity contribution is 5.99. The van der Waals surface area contributed by atoms with Crippen molar-refractivity contribution in [3.63, 3.8) is 0 Å². The van der Waals surface area contributed by atoms with Crippen LogP contribution in [0.15, 0.2) is 0 Å². The maximum absolute atomic E-state index is 14.2. The van der Waals surface area contributed by atoms with Gasteiger partial charge in [-0.2, -0.15) is 132 Å². The first-order valence-corrected chi connectivity index (χ1v) is 9.69. The van der Waals surface area contributed by atoms with Gasteiger partial charge in [-0.15, -0.1) is 0 Å². The van der Waals surface area contributed by atoms with Crippen molar-refractivity contribution in [2.45, 2.75) is 84.2 Å². The van der Waals surface area contributed by atoms with Crippen LogP contribution in [-0.2, 0) is 14.3 Å². The summed E-state index contributed by atoms with van der Waals surface area (Å²) >= 11 is 0. The fourth-order valence-electron chi connectivity index (χ4n) is 2.73. The molecule has 2 atom stereocenters. The lowest BCUT2D eigenvalue weighted by Crippen LogP contribution is -2.83. The summed E-state index contributed by atoms with van der Waals surface area (Å²) in [4.78, 5) is 12.1. The lowest BCUT2D eigenvalue weighted by molar-refractivity contribution is -0.507. The summed E-state index contributed by atoms with van der Waals surface area (Å²) in [5, 5.41) is 0. The summed E-state index contributed by atoms with van der Waals surface area (Å²) in [5.41, 5.74) is -20.1. The van der Waals surface area contributed by atoms with Gasteiger partial charge >= 0.3 is 84.2 Å². The molecule has 0 N–H and O–H groups in total. The number of carbonyl (C=O) groups is 1. The Morgan fingerprint density at radius 1 is 0.271 bits per heavy atom. The average Bonchev–Trinajstić information content (AvgIpc) is 2.75. The Bertz CT molecular complexity index is 1080. The molecule has 0 aliphatic heterocycles. The second-order valence-corrected chi connectivity index (χ2v) is 8.21. The molecule has 0 radical (unpaired) electrons. The smallest absolute Gasteiger partial charge is 0.292 e. The van der Waals surface area contributed by atoms with Gasteiger partial charge in [0.1, 0.15) is 0 Å². The second kappa shape index (κ2) is 11.2. The molecule has 0 aliphatic carbocycles. The fourth-order valence-corrected chi connectivity index (χ4v) is 2.73. The molecule has 0 fully saturated rings. The third kappa shape index (κ3) is 6.32. The molecule has 0 spiro atoms. The topological polar surface area (TPSA) is 35.5 Å². The standard InChI is InChI=1S/C15F30O3/c16-4(17,10(30,31)32)2(8(24,25)26,47-14(42,43)6(20,21)12(36,37)38)1(46)3(9(27,28)29,5(18,19)11(33,34)35)48-15(44,45)7(22,23)13(39,40)41. The molecular formula is C15F30O3. The number of ether oxygens (including phenoxy) is 2. The van der Waals surface area contributed by atoms with Gasteiger partial charge in [-0.1, -0.05) is 0 Å². The largest absolute Gasteiger partial charge is 0.462 e. The number of halogens is 30. The van der Waals surface area contributed by atoms with Crippen LogP contribution in [0.4, 0.5) is 132 Å². The molecule has 0 saturated heterocycles. The molecular weight excluding hydrogens is 798 g/mol. The summed E-state index contributed by atoms with van der Waals surface area (Å²) in [6.07, 6.45) is -73.0. The quantitative estimate of drug-likeness (QED) is 0.207. The molecule has 0 bridgehead atoms. The Labute approximate surface area is 237 Å². The van der Waals surface area contributed by atoms with E-state index in [2.05, 4.69) is 0 Å². The molecule has 0 rings (SSSR count). The summed E-state index contributed by atoms with van der Waals surface area (Å²) < 4.78 is 399. The first kappa shape index (κ1) is 45.5. The summed E-state index contributed by atoms with van der Waals surface area (Å²) in [5.74, 6) is -45.0. The minimum Gasteiger partial charge on any atom is -0.292 e. The monoisotopic (exact) mass is 798 g/mol. The lowest BCUT2D eigenvalue weighted by atomic mass is 9.75. The zero-order valence-electron chi connectivity index (χ0n) is 20.1. The molecule has 0 aromatic carbocycles. The molecule has 2 unspecified atom stereocenters. The third-order valence-corrected chi connectivity index (χ3v) is 5.04. The van der Waals surface area contributed by atoms with Gasteiger partial charge < -0.3 is 0 Å². The van der Waals surface area contributed by atoms with Gasteiger partial charge in [-0.05, 0) is 0 Å². The van der Waals surface area contributed by atoms with E-state index >= 15 is 0 Å². The maximum Gasteiger partial charge on any atom is 0.462 e. The third-order valence-electron chi connectivity index (χ3n) is 5.04. The van der Waals surface area contributed by atoms with Gasteiger partial charge in [0.2, 0.25) is 5.78 Å². The normalized spacial score (nSPS) is 18.8. The van der Waals surface area contributed by atoms with Gasteiger partial charge in [0, 0.05) is 0 Å². The van der Waals surface area contributed by atoms with Crippen molar-refractivity contribution in [1.82, 2.24) is 0 Å². The lowest BCUT2D eigenvalue weighted by Gasteiger charge is -2.49. The number of alkyl halides is 30. The molecule has 0 aromatic heterocycles. The predicted molar refractivity (Wildman–Crippen MR) is 78.7 cm³/mol. The SMILES string of the molecule is O=C(C(OC(F)(F)C(F)(F)C(F)(F)F)(C(F)(F)F)C(F)(F)C(F)(F)F)C(OC(F)(F)C(F)(F)C(F)(F)F)(C(F)(F)F)C(F)(F)C(F)(F)F. The van der Waals surface area contributed by atoms with E-state index in [9.17, 15) is 137 Å². The van der Waals surface area contributed by atoms with Crippen LogP contribution in [0.1, 0.15) is 0 Å². The van der Waals surface area contributed by atoms with E-state index in [-0.39, 0.29) is 0 Å². The molecule has 33 heteroatoms. The minimum atomic E-state index is -10.0. The molecule has 3 nitrogen and oxygen atoms in total. The Balaban J connectivity index is 9.26. The van der Waals surface area contributed by atoms with E-state index in [1.807, 2.05) is 0 Å². The van der Waals surface area contributed by atoms with Gasteiger partial charge in [0.15, 0.2) is 0 Å². The zero-order valence-corrected chi connectivity index (χ0v) is 20.1. The Morgan fingerprint density at radius 3 is 0.562 bits per heavy atom. The highest BCUT2D eigenvalue weighted by atomic mass is 19.5. The van der Waals surface area contributed by atoms with Crippen molar-refractivity contribution in [3.8, 4) is 0 Å². The van der Waals surface area contributed by atoms with E-state index < -0.39 is 90.0 Å². The molecule has 0 aromatic rings. The van der Waals surface area contributed by atoms with Crippen molar-refractivity contribution >= 4 is 5.78 Å². The number of hydrogen-bond donors (Lipinski definition) is 0. The number of ketones is 1. The maximum atomic E-state index is 14.2. The van der Waals surface area contributed by atoms with Crippen LogP contribution in [-0.4, -0.2) is 90.0 Å². The number of rotatable bonds is 10. The Morgan fingerprint density at radius 2 is 0.438 bits per heavy atom. The van der Waals surface area contributed by atoms with Gasteiger partial charge in [0.05, 0.1) is 0 Å².